The van der Waals surface area contributed by atoms with E-state index < -0.39 is 0 Å². The number of rotatable bonds is 2. The summed E-state index contributed by atoms with van der Waals surface area (Å²) >= 11 is 0. The van der Waals surface area contributed by atoms with Crippen molar-refractivity contribution in [3.05, 3.63) is 36.0 Å². The second kappa shape index (κ2) is 5.53. The molecule has 0 atom stereocenters. The first-order valence-corrected chi connectivity index (χ1v) is 6.03. The molecule has 90 valence electrons. The molecule has 3 heteroatoms. The molecule has 1 aliphatic heterocycles. The topological polar surface area (TPSA) is 40.5 Å². The van der Waals surface area contributed by atoms with Crippen molar-refractivity contribution in [2.45, 2.75) is 25.7 Å². The average molecular weight is 231 g/mol. The van der Waals surface area contributed by atoms with E-state index in [4.69, 9.17) is 0 Å². The third-order valence-electron chi connectivity index (χ3n) is 2.98. The molecule has 1 heterocycles. The van der Waals surface area contributed by atoms with E-state index in [-0.39, 0.29) is 11.7 Å². The summed E-state index contributed by atoms with van der Waals surface area (Å²) in [5, 5.41) is 9.61. The van der Waals surface area contributed by atoms with Gasteiger partial charge in [-0.15, -0.1) is 0 Å². The van der Waals surface area contributed by atoms with Crippen LogP contribution in [0.4, 0.5) is 0 Å². The molecule has 1 amide bonds. The van der Waals surface area contributed by atoms with Crippen LogP contribution in [-0.4, -0.2) is 22.5 Å². The van der Waals surface area contributed by atoms with Gasteiger partial charge in [-0.2, -0.15) is 0 Å². The third kappa shape index (κ3) is 3.09. The molecule has 1 aliphatic rings. The maximum Gasteiger partial charge on any atom is 0.226 e. The summed E-state index contributed by atoms with van der Waals surface area (Å²) in [7, 11) is 0. The minimum absolute atomic E-state index is 0.175. The Kier molecular flexibility index (Phi) is 3.81. The fourth-order valence-electron chi connectivity index (χ4n) is 1.96. The van der Waals surface area contributed by atoms with Crippen molar-refractivity contribution in [1.82, 2.24) is 4.90 Å². The Morgan fingerprint density at radius 2 is 2.00 bits per heavy atom. The van der Waals surface area contributed by atoms with Gasteiger partial charge in [-0.05, 0) is 25.0 Å². The summed E-state index contributed by atoms with van der Waals surface area (Å²) in [6.45, 7) is 0.781. The molecule has 1 saturated heterocycles. The van der Waals surface area contributed by atoms with Crippen LogP contribution < -0.4 is 0 Å². The highest BCUT2D eigenvalue weighted by Gasteiger charge is 2.13. The Bertz CT molecular complexity index is 426. The number of phenolic OH excluding ortho intramolecular Hbond substituents is 1. The monoisotopic (exact) mass is 231 g/mol. The van der Waals surface area contributed by atoms with Gasteiger partial charge in [0.1, 0.15) is 5.75 Å². The number of carbonyl (C=O) groups excluding carboxylic acids is 1. The van der Waals surface area contributed by atoms with E-state index in [1.807, 2.05) is 12.1 Å². The minimum Gasteiger partial charge on any atom is -0.507 e. The number of para-hydroxylation sites is 1. The lowest BCUT2D eigenvalue weighted by molar-refractivity contribution is -0.128. The molecular weight excluding hydrogens is 214 g/mol. The predicted octanol–water partition coefficient (Wildman–Crippen LogP) is 2.77. The standard InChI is InChI=1S/C14H17NO2/c16-13-7-4-3-6-12(13)9-11-15-10-5-1-2-8-14(15)17/h3-4,6-7,9,11,16H,1-2,5,8,10H2. The smallest absolute Gasteiger partial charge is 0.226 e. The molecule has 1 N–H and O–H groups in total. The summed E-state index contributed by atoms with van der Waals surface area (Å²) in [4.78, 5) is 13.5. The molecule has 0 spiro atoms. The quantitative estimate of drug-likeness (QED) is 0.850. The fourth-order valence-corrected chi connectivity index (χ4v) is 1.96. The fraction of sp³-hybridized carbons (Fsp3) is 0.357. The number of hydrogen-bond acceptors (Lipinski definition) is 2. The van der Waals surface area contributed by atoms with E-state index in [9.17, 15) is 9.90 Å². The van der Waals surface area contributed by atoms with Crippen molar-refractivity contribution in [1.29, 1.82) is 0 Å². The van der Waals surface area contributed by atoms with E-state index >= 15 is 0 Å². The van der Waals surface area contributed by atoms with Gasteiger partial charge in [0.25, 0.3) is 0 Å². The molecule has 3 nitrogen and oxygen atoms in total. The highest BCUT2D eigenvalue weighted by molar-refractivity contribution is 5.78. The first-order valence-electron chi connectivity index (χ1n) is 6.03. The predicted molar refractivity (Wildman–Crippen MR) is 67.3 cm³/mol. The molecule has 0 radical (unpaired) electrons. The van der Waals surface area contributed by atoms with Crippen molar-refractivity contribution >= 4 is 12.0 Å². The van der Waals surface area contributed by atoms with Crippen LogP contribution in [0, 0.1) is 0 Å². The molecule has 17 heavy (non-hydrogen) atoms. The van der Waals surface area contributed by atoms with Crippen molar-refractivity contribution in [3.63, 3.8) is 0 Å². The number of amides is 1. The Balaban J connectivity index is 2.09. The highest BCUT2D eigenvalue weighted by atomic mass is 16.3. The van der Waals surface area contributed by atoms with Crippen molar-refractivity contribution < 1.29 is 9.90 Å². The van der Waals surface area contributed by atoms with Crippen LogP contribution in [0.5, 0.6) is 5.75 Å². The van der Waals surface area contributed by atoms with E-state index in [0.717, 1.165) is 31.4 Å². The van der Waals surface area contributed by atoms with Gasteiger partial charge in [-0.1, -0.05) is 24.6 Å². The number of nitrogens with zero attached hydrogens (tertiary/aromatic N) is 1. The first-order chi connectivity index (χ1) is 8.27. The van der Waals surface area contributed by atoms with E-state index in [0.29, 0.717) is 6.42 Å². The van der Waals surface area contributed by atoms with Crippen LogP contribution in [0.3, 0.4) is 0 Å². The molecule has 2 rings (SSSR count). The van der Waals surface area contributed by atoms with E-state index in [1.54, 1.807) is 29.3 Å². The van der Waals surface area contributed by atoms with Crippen LogP contribution in [0.25, 0.3) is 6.08 Å². The summed E-state index contributed by atoms with van der Waals surface area (Å²) in [5.74, 6) is 0.417. The van der Waals surface area contributed by atoms with Gasteiger partial charge in [-0.3, -0.25) is 4.79 Å². The number of carbonyl (C=O) groups is 1. The Morgan fingerprint density at radius 3 is 2.82 bits per heavy atom. The number of aromatic hydroxyl groups is 1. The minimum atomic E-state index is 0.175. The molecule has 1 aromatic carbocycles. The maximum atomic E-state index is 11.7. The molecule has 0 aromatic heterocycles. The molecule has 0 bridgehead atoms. The first kappa shape index (κ1) is 11.7. The lowest BCUT2D eigenvalue weighted by Gasteiger charge is -2.14. The average Bonchev–Trinajstić information content (AvgIpc) is 2.53. The highest BCUT2D eigenvalue weighted by Crippen LogP contribution is 2.18. The Morgan fingerprint density at radius 1 is 1.18 bits per heavy atom. The zero-order chi connectivity index (χ0) is 12.1. The van der Waals surface area contributed by atoms with Crippen LogP contribution in [0.15, 0.2) is 30.5 Å². The van der Waals surface area contributed by atoms with Gasteiger partial charge in [0, 0.05) is 24.7 Å². The summed E-state index contributed by atoms with van der Waals surface area (Å²) in [6.07, 6.45) is 7.36. The van der Waals surface area contributed by atoms with Gasteiger partial charge >= 0.3 is 0 Å². The largest absolute Gasteiger partial charge is 0.507 e. The normalized spacial score (nSPS) is 17.4. The number of phenols is 1. The van der Waals surface area contributed by atoms with Gasteiger partial charge in [-0.25, -0.2) is 0 Å². The van der Waals surface area contributed by atoms with Gasteiger partial charge in [0.05, 0.1) is 0 Å². The molecule has 1 aromatic rings. The molecule has 0 unspecified atom stereocenters. The zero-order valence-electron chi connectivity index (χ0n) is 9.80. The maximum absolute atomic E-state index is 11.7. The van der Waals surface area contributed by atoms with Gasteiger partial charge in [0.2, 0.25) is 5.91 Å². The molecule has 0 saturated carbocycles. The molecule has 1 fully saturated rings. The third-order valence-corrected chi connectivity index (χ3v) is 2.98. The Labute approximate surface area is 101 Å². The SMILES string of the molecule is O=C1CCCCCN1C=Cc1ccccc1O. The lowest BCUT2D eigenvalue weighted by atomic mass is 10.2. The Hall–Kier alpha value is -1.77. The number of benzene rings is 1. The summed E-state index contributed by atoms with van der Waals surface area (Å²) < 4.78 is 0. The van der Waals surface area contributed by atoms with Crippen LogP contribution in [-0.2, 0) is 4.79 Å². The van der Waals surface area contributed by atoms with Crippen LogP contribution in [0.2, 0.25) is 0 Å². The van der Waals surface area contributed by atoms with Crippen molar-refractivity contribution in [3.8, 4) is 5.75 Å². The van der Waals surface area contributed by atoms with E-state index in [1.165, 1.54) is 0 Å². The van der Waals surface area contributed by atoms with Gasteiger partial charge in [0.15, 0.2) is 0 Å². The molecule has 0 aliphatic carbocycles. The van der Waals surface area contributed by atoms with E-state index in [2.05, 4.69) is 0 Å². The molecular formula is C14H17NO2. The van der Waals surface area contributed by atoms with Crippen LogP contribution in [0.1, 0.15) is 31.2 Å². The summed E-state index contributed by atoms with van der Waals surface area (Å²) in [5.41, 5.74) is 0.740. The van der Waals surface area contributed by atoms with Crippen molar-refractivity contribution in [2.75, 3.05) is 6.54 Å². The number of likely N-dealkylation sites (tertiary alicyclic amines) is 1. The second-order valence-corrected chi connectivity index (χ2v) is 4.27. The summed E-state index contributed by atoms with van der Waals surface area (Å²) in [6, 6.07) is 7.12. The van der Waals surface area contributed by atoms with Crippen molar-refractivity contribution in [2.24, 2.45) is 0 Å². The number of hydrogen-bond donors (Lipinski definition) is 1. The lowest BCUT2D eigenvalue weighted by Crippen LogP contribution is -2.24. The van der Waals surface area contributed by atoms with Gasteiger partial charge < -0.3 is 10.0 Å². The second-order valence-electron chi connectivity index (χ2n) is 4.27. The van der Waals surface area contributed by atoms with Crippen LogP contribution >= 0.6 is 0 Å². The zero-order valence-corrected chi connectivity index (χ0v) is 9.80.